The second-order valence-corrected chi connectivity index (χ2v) is 6.52. The Kier molecular flexibility index (Phi) is 15.5. The lowest BCUT2D eigenvalue weighted by atomic mass is 10.2. The SMILES string of the molecule is CCCC=CCOCc1ccccc1.CCCC=CCOCc1ccccc1. The van der Waals surface area contributed by atoms with Crippen molar-refractivity contribution >= 4 is 0 Å². The fourth-order valence-corrected chi connectivity index (χ4v) is 2.34. The van der Waals surface area contributed by atoms with Crippen LogP contribution in [0.5, 0.6) is 0 Å². The van der Waals surface area contributed by atoms with Gasteiger partial charge in [0.15, 0.2) is 0 Å². The highest BCUT2D eigenvalue weighted by Crippen LogP contribution is 2.01. The largest absolute Gasteiger partial charge is 0.373 e. The van der Waals surface area contributed by atoms with Gasteiger partial charge in [-0.1, -0.05) is 112 Å². The van der Waals surface area contributed by atoms with E-state index in [2.05, 4.69) is 62.4 Å². The summed E-state index contributed by atoms with van der Waals surface area (Å²) < 4.78 is 11.0. The van der Waals surface area contributed by atoms with Crippen LogP contribution < -0.4 is 0 Å². The van der Waals surface area contributed by atoms with Crippen molar-refractivity contribution in [2.24, 2.45) is 0 Å². The summed E-state index contributed by atoms with van der Waals surface area (Å²) in [6.45, 7) is 7.20. The molecule has 0 amide bonds. The first-order chi connectivity index (χ1) is 13.9. The van der Waals surface area contributed by atoms with Crippen LogP contribution in [0.15, 0.2) is 85.0 Å². The van der Waals surface area contributed by atoms with Gasteiger partial charge in [0.2, 0.25) is 0 Å². The zero-order valence-corrected chi connectivity index (χ0v) is 17.6. The van der Waals surface area contributed by atoms with E-state index < -0.39 is 0 Å². The molecule has 0 heterocycles. The van der Waals surface area contributed by atoms with Crippen molar-refractivity contribution in [1.29, 1.82) is 0 Å². The Morgan fingerprint density at radius 2 is 0.964 bits per heavy atom. The topological polar surface area (TPSA) is 18.5 Å². The van der Waals surface area contributed by atoms with Crippen LogP contribution in [0, 0.1) is 0 Å². The highest BCUT2D eigenvalue weighted by Gasteiger charge is 1.89. The van der Waals surface area contributed by atoms with Crippen LogP contribution in [-0.2, 0) is 22.7 Å². The van der Waals surface area contributed by atoms with Gasteiger partial charge in [-0.2, -0.15) is 0 Å². The number of hydrogen-bond donors (Lipinski definition) is 0. The molecule has 2 rings (SSSR count). The van der Waals surface area contributed by atoms with Gasteiger partial charge in [-0.05, 0) is 24.0 Å². The highest BCUT2D eigenvalue weighted by molar-refractivity contribution is 5.14. The van der Waals surface area contributed by atoms with Crippen LogP contribution in [0.25, 0.3) is 0 Å². The van der Waals surface area contributed by atoms with Crippen LogP contribution in [0.2, 0.25) is 0 Å². The number of ether oxygens (including phenoxy) is 2. The summed E-state index contributed by atoms with van der Waals surface area (Å²) in [5, 5.41) is 0. The molecule has 0 fully saturated rings. The van der Waals surface area contributed by atoms with Crippen molar-refractivity contribution in [3.8, 4) is 0 Å². The van der Waals surface area contributed by atoms with Crippen molar-refractivity contribution in [2.45, 2.75) is 52.7 Å². The third-order valence-corrected chi connectivity index (χ3v) is 3.90. The average Bonchev–Trinajstić information content (AvgIpc) is 2.75. The van der Waals surface area contributed by atoms with Gasteiger partial charge in [-0.3, -0.25) is 0 Å². The molecule has 2 nitrogen and oxygen atoms in total. The molecular formula is C26H36O2. The zero-order valence-electron chi connectivity index (χ0n) is 17.6. The molecule has 0 aromatic heterocycles. The van der Waals surface area contributed by atoms with E-state index in [0.29, 0.717) is 13.2 Å². The van der Waals surface area contributed by atoms with Gasteiger partial charge in [0.25, 0.3) is 0 Å². The van der Waals surface area contributed by atoms with E-state index in [4.69, 9.17) is 9.47 Å². The maximum Gasteiger partial charge on any atom is 0.0721 e. The fourth-order valence-electron chi connectivity index (χ4n) is 2.34. The van der Waals surface area contributed by atoms with Gasteiger partial charge in [-0.25, -0.2) is 0 Å². The second-order valence-electron chi connectivity index (χ2n) is 6.52. The van der Waals surface area contributed by atoms with Gasteiger partial charge >= 0.3 is 0 Å². The minimum absolute atomic E-state index is 0.706. The van der Waals surface area contributed by atoms with E-state index in [1.807, 2.05) is 36.4 Å². The predicted molar refractivity (Wildman–Crippen MR) is 120 cm³/mol. The Balaban J connectivity index is 0.000000280. The van der Waals surface area contributed by atoms with Crippen LogP contribution in [0.1, 0.15) is 50.7 Å². The molecule has 0 spiro atoms. The summed E-state index contributed by atoms with van der Waals surface area (Å²) >= 11 is 0. The molecule has 2 heteroatoms. The van der Waals surface area contributed by atoms with Crippen LogP contribution >= 0.6 is 0 Å². The van der Waals surface area contributed by atoms with E-state index in [1.165, 1.54) is 24.0 Å². The molecular weight excluding hydrogens is 344 g/mol. The first kappa shape index (κ1) is 23.9. The Labute approximate surface area is 171 Å². The Bertz CT molecular complexity index is 560. The molecule has 152 valence electrons. The summed E-state index contributed by atoms with van der Waals surface area (Å²) in [6, 6.07) is 20.5. The molecule has 0 atom stereocenters. The summed E-state index contributed by atoms with van der Waals surface area (Å²) in [5.74, 6) is 0. The van der Waals surface area contributed by atoms with E-state index in [0.717, 1.165) is 26.1 Å². The van der Waals surface area contributed by atoms with Gasteiger partial charge in [0, 0.05) is 0 Å². The average molecular weight is 381 g/mol. The quantitative estimate of drug-likeness (QED) is 0.288. The lowest BCUT2D eigenvalue weighted by Gasteiger charge is -2.00. The van der Waals surface area contributed by atoms with Gasteiger partial charge < -0.3 is 9.47 Å². The molecule has 0 bridgehead atoms. The standard InChI is InChI=1S/2C13H18O/c2*1-2-3-4-8-11-14-12-13-9-6-5-7-10-13/h2*4-10H,2-3,11-12H2,1H3. The third kappa shape index (κ3) is 14.0. The number of rotatable bonds is 12. The lowest BCUT2D eigenvalue weighted by Crippen LogP contribution is -1.91. The Morgan fingerprint density at radius 3 is 1.32 bits per heavy atom. The molecule has 28 heavy (non-hydrogen) atoms. The normalized spacial score (nSPS) is 10.9. The van der Waals surface area contributed by atoms with Crippen molar-refractivity contribution in [2.75, 3.05) is 13.2 Å². The number of allylic oxidation sites excluding steroid dienone is 2. The first-order valence-electron chi connectivity index (χ1n) is 10.4. The van der Waals surface area contributed by atoms with E-state index >= 15 is 0 Å². The van der Waals surface area contributed by atoms with Crippen LogP contribution in [-0.4, -0.2) is 13.2 Å². The van der Waals surface area contributed by atoms with Gasteiger partial charge in [0.05, 0.1) is 26.4 Å². The number of benzene rings is 2. The minimum atomic E-state index is 0.706. The van der Waals surface area contributed by atoms with Crippen LogP contribution in [0.4, 0.5) is 0 Å². The molecule has 0 aliphatic carbocycles. The monoisotopic (exact) mass is 380 g/mol. The van der Waals surface area contributed by atoms with Gasteiger partial charge in [-0.15, -0.1) is 0 Å². The minimum Gasteiger partial charge on any atom is -0.373 e. The Morgan fingerprint density at radius 1 is 0.571 bits per heavy atom. The predicted octanol–water partition coefficient (Wildman–Crippen LogP) is 7.12. The van der Waals surface area contributed by atoms with Crippen molar-refractivity contribution in [1.82, 2.24) is 0 Å². The van der Waals surface area contributed by atoms with Gasteiger partial charge in [0.1, 0.15) is 0 Å². The number of hydrogen-bond acceptors (Lipinski definition) is 2. The second kappa shape index (κ2) is 18.2. The molecule has 2 aromatic rings. The van der Waals surface area contributed by atoms with Crippen LogP contribution in [0.3, 0.4) is 0 Å². The molecule has 0 aliphatic rings. The van der Waals surface area contributed by atoms with E-state index in [9.17, 15) is 0 Å². The summed E-state index contributed by atoms with van der Waals surface area (Å²) in [4.78, 5) is 0. The molecule has 0 saturated heterocycles. The summed E-state index contributed by atoms with van der Waals surface area (Å²) in [7, 11) is 0. The third-order valence-electron chi connectivity index (χ3n) is 3.90. The lowest BCUT2D eigenvalue weighted by molar-refractivity contribution is 0.148. The maximum absolute atomic E-state index is 5.48. The fraction of sp³-hybridized carbons (Fsp3) is 0.385. The van der Waals surface area contributed by atoms with Crippen molar-refractivity contribution < 1.29 is 9.47 Å². The van der Waals surface area contributed by atoms with Crippen molar-refractivity contribution in [3.63, 3.8) is 0 Å². The molecule has 0 aliphatic heterocycles. The smallest absolute Gasteiger partial charge is 0.0721 e. The molecule has 0 saturated carbocycles. The molecule has 0 unspecified atom stereocenters. The zero-order chi connectivity index (χ0) is 20.1. The van der Waals surface area contributed by atoms with Crippen molar-refractivity contribution in [3.05, 3.63) is 96.1 Å². The first-order valence-corrected chi connectivity index (χ1v) is 10.4. The van der Waals surface area contributed by atoms with E-state index in [-0.39, 0.29) is 0 Å². The summed E-state index contributed by atoms with van der Waals surface area (Å²) in [6.07, 6.45) is 13.2. The number of unbranched alkanes of at least 4 members (excludes halogenated alkanes) is 2. The highest BCUT2D eigenvalue weighted by atomic mass is 16.5. The molecule has 0 N–H and O–H groups in total. The Hall–Kier alpha value is -2.16. The summed E-state index contributed by atoms with van der Waals surface area (Å²) in [5.41, 5.74) is 2.47. The molecule has 0 radical (unpaired) electrons. The van der Waals surface area contributed by atoms with E-state index in [1.54, 1.807) is 0 Å². The molecule has 2 aromatic carbocycles. The maximum atomic E-state index is 5.48.